The van der Waals surface area contributed by atoms with Gasteiger partial charge in [-0.2, -0.15) is 0 Å². The second-order valence-electron chi connectivity index (χ2n) is 7.74. The number of carboxylic acids is 1. The van der Waals surface area contributed by atoms with Crippen LogP contribution in [0.5, 0.6) is 0 Å². The third-order valence-corrected chi connectivity index (χ3v) is 5.25. The zero-order valence-electron chi connectivity index (χ0n) is 17.1. The molecule has 0 amide bonds. The van der Waals surface area contributed by atoms with Crippen LogP contribution in [0.3, 0.4) is 0 Å². The van der Waals surface area contributed by atoms with E-state index in [4.69, 9.17) is 15.9 Å². The summed E-state index contributed by atoms with van der Waals surface area (Å²) >= 11 is 0. The molecule has 0 saturated carbocycles. The summed E-state index contributed by atoms with van der Waals surface area (Å²) in [5, 5.41) is 27.9. The molecule has 0 fully saturated rings. The molecule has 5 N–H and O–H groups in total. The van der Waals surface area contributed by atoms with Crippen molar-refractivity contribution >= 4 is 11.8 Å². The molecule has 0 heterocycles. The first-order chi connectivity index (χ1) is 12.9. The van der Waals surface area contributed by atoms with Crippen LogP contribution in [0.1, 0.15) is 103 Å². The SMILES string of the molecule is CCCCCCC(=O)CCCCCCCCCC[C@H](O)[C@@](N)(CO)C(=O)O. The normalized spacial score (nSPS) is 14.7. The number of aliphatic carboxylic acids is 1. The summed E-state index contributed by atoms with van der Waals surface area (Å²) in [6.45, 7) is 1.40. The van der Waals surface area contributed by atoms with Crippen molar-refractivity contribution in [3.05, 3.63) is 0 Å². The van der Waals surface area contributed by atoms with E-state index in [1.807, 2.05) is 0 Å². The van der Waals surface area contributed by atoms with E-state index in [1.54, 1.807) is 0 Å². The van der Waals surface area contributed by atoms with Crippen LogP contribution in [0.15, 0.2) is 0 Å². The minimum absolute atomic E-state index is 0.281. The van der Waals surface area contributed by atoms with Crippen molar-refractivity contribution < 1.29 is 24.9 Å². The molecule has 160 valence electrons. The highest BCUT2D eigenvalue weighted by atomic mass is 16.4. The number of Topliss-reactive ketones (excluding diaryl/α,β-unsaturated/α-hetero) is 1. The molecule has 0 rings (SSSR count). The van der Waals surface area contributed by atoms with E-state index in [0.29, 0.717) is 12.2 Å². The van der Waals surface area contributed by atoms with Crippen molar-refractivity contribution in [3.8, 4) is 0 Å². The summed E-state index contributed by atoms with van der Waals surface area (Å²) in [7, 11) is 0. The van der Waals surface area contributed by atoms with Crippen LogP contribution in [-0.4, -0.2) is 45.3 Å². The number of aliphatic hydroxyl groups is 2. The maximum Gasteiger partial charge on any atom is 0.328 e. The lowest BCUT2D eigenvalue weighted by atomic mass is 9.90. The summed E-state index contributed by atoms with van der Waals surface area (Å²) in [5.41, 5.74) is 3.57. The van der Waals surface area contributed by atoms with Gasteiger partial charge in [-0.15, -0.1) is 0 Å². The van der Waals surface area contributed by atoms with Gasteiger partial charge in [0.05, 0.1) is 12.7 Å². The average molecular weight is 388 g/mol. The van der Waals surface area contributed by atoms with Gasteiger partial charge in [0.15, 0.2) is 5.54 Å². The van der Waals surface area contributed by atoms with Gasteiger partial charge in [0, 0.05) is 12.8 Å². The van der Waals surface area contributed by atoms with Crippen LogP contribution in [0.25, 0.3) is 0 Å². The van der Waals surface area contributed by atoms with Crippen molar-refractivity contribution in [1.29, 1.82) is 0 Å². The maximum absolute atomic E-state index is 11.7. The number of hydrogen-bond acceptors (Lipinski definition) is 5. The van der Waals surface area contributed by atoms with Crippen molar-refractivity contribution in [3.63, 3.8) is 0 Å². The first-order valence-electron chi connectivity index (χ1n) is 10.7. The lowest BCUT2D eigenvalue weighted by Crippen LogP contribution is -2.60. The van der Waals surface area contributed by atoms with Crippen molar-refractivity contribution in [1.82, 2.24) is 0 Å². The Kier molecular flexibility index (Phi) is 15.4. The van der Waals surface area contributed by atoms with Gasteiger partial charge in [-0.05, 0) is 19.3 Å². The number of carbonyl (C=O) groups is 2. The zero-order valence-corrected chi connectivity index (χ0v) is 17.1. The van der Waals surface area contributed by atoms with Crippen molar-refractivity contribution in [2.45, 2.75) is 115 Å². The van der Waals surface area contributed by atoms with E-state index < -0.39 is 24.2 Å². The Labute approximate surface area is 164 Å². The highest BCUT2D eigenvalue weighted by Gasteiger charge is 2.40. The zero-order chi connectivity index (χ0) is 20.5. The fraction of sp³-hybridized carbons (Fsp3) is 0.905. The highest BCUT2D eigenvalue weighted by Crippen LogP contribution is 2.16. The topological polar surface area (TPSA) is 121 Å². The minimum Gasteiger partial charge on any atom is -0.480 e. The number of hydrogen-bond donors (Lipinski definition) is 4. The predicted octanol–water partition coefficient (Wildman–Crippen LogP) is 3.56. The molecule has 0 radical (unpaired) electrons. The number of nitrogens with two attached hydrogens (primary N) is 1. The summed E-state index contributed by atoms with van der Waals surface area (Å²) in [6, 6.07) is 0. The van der Waals surface area contributed by atoms with Crippen LogP contribution in [0.2, 0.25) is 0 Å². The molecule has 6 heteroatoms. The van der Waals surface area contributed by atoms with Crippen molar-refractivity contribution in [2.75, 3.05) is 6.61 Å². The Morgan fingerprint density at radius 3 is 1.74 bits per heavy atom. The third kappa shape index (κ3) is 12.2. The molecular weight excluding hydrogens is 346 g/mol. The number of ketones is 1. The molecule has 27 heavy (non-hydrogen) atoms. The van der Waals surface area contributed by atoms with Gasteiger partial charge < -0.3 is 21.1 Å². The second kappa shape index (κ2) is 16.0. The molecule has 0 bridgehead atoms. The van der Waals surface area contributed by atoms with Gasteiger partial charge in [-0.1, -0.05) is 71.1 Å². The largest absolute Gasteiger partial charge is 0.480 e. The molecule has 0 spiro atoms. The van der Waals surface area contributed by atoms with Crippen LogP contribution < -0.4 is 5.73 Å². The molecule has 0 saturated heterocycles. The standard InChI is InChI=1S/C21H41NO5/c1-2-3-4-11-14-18(24)15-12-9-7-5-6-8-10-13-16-19(25)21(22,17-23)20(26)27/h19,23,25H,2-17,22H2,1H3,(H,26,27)/t19-,21-/m0/s1. The van der Waals surface area contributed by atoms with E-state index in [-0.39, 0.29) is 6.42 Å². The Morgan fingerprint density at radius 2 is 1.30 bits per heavy atom. The number of carboxylic acid groups (broad SMARTS) is 1. The molecular formula is C21H41NO5. The number of carbonyl (C=O) groups excluding carboxylic acids is 1. The smallest absolute Gasteiger partial charge is 0.328 e. The molecule has 2 atom stereocenters. The van der Waals surface area contributed by atoms with Gasteiger partial charge in [-0.3, -0.25) is 9.59 Å². The van der Waals surface area contributed by atoms with Gasteiger partial charge in [-0.25, -0.2) is 0 Å². The van der Waals surface area contributed by atoms with Crippen LogP contribution in [0.4, 0.5) is 0 Å². The van der Waals surface area contributed by atoms with Crippen molar-refractivity contribution in [2.24, 2.45) is 5.73 Å². The predicted molar refractivity (Wildman–Crippen MR) is 108 cm³/mol. The fourth-order valence-electron chi connectivity index (χ4n) is 3.17. The minimum atomic E-state index is -1.96. The number of aliphatic hydroxyl groups excluding tert-OH is 2. The summed E-state index contributed by atoms with van der Waals surface area (Å²) in [5.74, 6) is -0.971. The van der Waals surface area contributed by atoms with E-state index >= 15 is 0 Å². The van der Waals surface area contributed by atoms with Gasteiger partial charge >= 0.3 is 5.97 Å². The molecule has 0 aliphatic rings. The Hall–Kier alpha value is -0.980. The molecule has 6 nitrogen and oxygen atoms in total. The lowest BCUT2D eigenvalue weighted by molar-refractivity contribution is -0.150. The van der Waals surface area contributed by atoms with E-state index in [9.17, 15) is 14.7 Å². The van der Waals surface area contributed by atoms with Gasteiger partial charge in [0.25, 0.3) is 0 Å². The summed E-state index contributed by atoms with van der Waals surface area (Å²) < 4.78 is 0. The van der Waals surface area contributed by atoms with Crippen LogP contribution >= 0.6 is 0 Å². The summed E-state index contributed by atoms with van der Waals surface area (Å²) in [6.07, 6.45) is 13.3. The lowest BCUT2D eigenvalue weighted by Gasteiger charge is -2.27. The van der Waals surface area contributed by atoms with Gasteiger partial charge in [0.1, 0.15) is 5.78 Å². The molecule has 0 aliphatic heterocycles. The first-order valence-corrected chi connectivity index (χ1v) is 10.7. The molecule has 0 unspecified atom stereocenters. The number of unbranched alkanes of at least 4 members (excludes halogenated alkanes) is 10. The van der Waals surface area contributed by atoms with Crippen LogP contribution in [-0.2, 0) is 9.59 Å². The maximum atomic E-state index is 11.7. The summed E-state index contributed by atoms with van der Waals surface area (Å²) in [4.78, 5) is 22.7. The second-order valence-corrected chi connectivity index (χ2v) is 7.74. The average Bonchev–Trinajstić information content (AvgIpc) is 2.65. The molecule has 0 aromatic heterocycles. The van der Waals surface area contributed by atoms with E-state index in [2.05, 4.69) is 6.92 Å². The molecule has 0 aromatic rings. The molecule has 0 aliphatic carbocycles. The first kappa shape index (κ1) is 26.0. The monoisotopic (exact) mass is 387 g/mol. The Morgan fingerprint density at radius 1 is 0.852 bits per heavy atom. The third-order valence-electron chi connectivity index (χ3n) is 5.25. The van der Waals surface area contributed by atoms with Crippen LogP contribution in [0, 0.1) is 0 Å². The van der Waals surface area contributed by atoms with E-state index in [0.717, 1.165) is 64.2 Å². The fourth-order valence-corrected chi connectivity index (χ4v) is 3.17. The Bertz CT molecular complexity index is 402. The number of rotatable bonds is 19. The quantitative estimate of drug-likeness (QED) is 0.251. The Balaban J connectivity index is 3.50. The van der Waals surface area contributed by atoms with Gasteiger partial charge in [0.2, 0.25) is 0 Å². The highest BCUT2D eigenvalue weighted by molar-refractivity contribution is 5.79. The molecule has 0 aromatic carbocycles. The van der Waals surface area contributed by atoms with E-state index in [1.165, 1.54) is 19.3 Å².